The summed E-state index contributed by atoms with van der Waals surface area (Å²) in [7, 11) is 0. The molecule has 0 fully saturated rings. The van der Waals surface area contributed by atoms with Crippen LogP contribution in [-0.2, 0) is 0 Å². The number of hydrogen-bond donors (Lipinski definition) is 2. The van der Waals surface area contributed by atoms with Crippen molar-refractivity contribution in [1.29, 1.82) is 0 Å². The summed E-state index contributed by atoms with van der Waals surface area (Å²) in [5.41, 5.74) is 5.99. The van der Waals surface area contributed by atoms with E-state index in [1.54, 1.807) is 0 Å². The Labute approximate surface area is 88.2 Å². The fraction of sp³-hybridized carbons (Fsp3) is 0.909. The van der Waals surface area contributed by atoms with Gasteiger partial charge in [0.05, 0.1) is 0 Å². The lowest BCUT2D eigenvalue weighted by Crippen LogP contribution is -2.45. The van der Waals surface area contributed by atoms with E-state index in [-0.39, 0.29) is 11.0 Å². The lowest BCUT2D eigenvalue weighted by atomic mass is 9.91. The SMILES string of the molecule is CCC(C)(C)CN=C(N)NC(C)(C)C. The van der Waals surface area contributed by atoms with Crippen LogP contribution >= 0.6 is 0 Å². The molecule has 0 atom stereocenters. The minimum absolute atomic E-state index is 0.00998. The second-order valence-electron chi connectivity index (χ2n) is 5.59. The van der Waals surface area contributed by atoms with Gasteiger partial charge in [-0.1, -0.05) is 20.8 Å². The zero-order chi connectivity index (χ0) is 11.4. The second-order valence-corrected chi connectivity index (χ2v) is 5.59. The fourth-order valence-electron chi connectivity index (χ4n) is 0.835. The van der Waals surface area contributed by atoms with Gasteiger partial charge in [-0.3, -0.25) is 4.99 Å². The predicted molar refractivity (Wildman–Crippen MR) is 63.5 cm³/mol. The van der Waals surface area contributed by atoms with Gasteiger partial charge in [-0.2, -0.15) is 0 Å². The third kappa shape index (κ3) is 6.75. The van der Waals surface area contributed by atoms with Crippen LogP contribution in [0.2, 0.25) is 0 Å². The molecule has 0 radical (unpaired) electrons. The first-order valence-electron chi connectivity index (χ1n) is 5.24. The summed E-state index contributed by atoms with van der Waals surface area (Å²) in [6.07, 6.45) is 1.11. The molecule has 0 aromatic rings. The molecule has 0 rings (SSSR count). The molecule has 3 nitrogen and oxygen atoms in total. The van der Waals surface area contributed by atoms with Gasteiger partial charge in [0, 0.05) is 12.1 Å². The standard InChI is InChI=1S/C11H25N3/c1-7-11(5,6)8-13-9(12)14-10(2,3)4/h7-8H2,1-6H3,(H3,12,13,14). The van der Waals surface area contributed by atoms with Gasteiger partial charge in [0.2, 0.25) is 0 Å². The van der Waals surface area contributed by atoms with E-state index in [0.29, 0.717) is 5.96 Å². The summed E-state index contributed by atoms with van der Waals surface area (Å²) >= 11 is 0. The smallest absolute Gasteiger partial charge is 0.189 e. The molecule has 0 saturated carbocycles. The molecular formula is C11H25N3. The van der Waals surface area contributed by atoms with Crippen molar-refractivity contribution in [3.63, 3.8) is 0 Å². The van der Waals surface area contributed by atoms with Crippen molar-refractivity contribution in [2.75, 3.05) is 6.54 Å². The van der Waals surface area contributed by atoms with Crippen LogP contribution in [0.15, 0.2) is 4.99 Å². The van der Waals surface area contributed by atoms with E-state index in [1.807, 2.05) is 0 Å². The van der Waals surface area contributed by atoms with Crippen LogP contribution < -0.4 is 11.1 Å². The molecule has 0 aliphatic carbocycles. The van der Waals surface area contributed by atoms with Crippen molar-refractivity contribution in [2.24, 2.45) is 16.1 Å². The average molecular weight is 199 g/mol. The highest BCUT2D eigenvalue weighted by Crippen LogP contribution is 2.19. The summed E-state index contributed by atoms with van der Waals surface area (Å²) in [5, 5.41) is 3.14. The molecule has 0 aliphatic rings. The number of nitrogens with one attached hydrogen (secondary N) is 1. The van der Waals surface area contributed by atoms with E-state index in [1.165, 1.54) is 0 Å². The predicted octanol–water partition coefficient (Wildman–Crippen LogP) is 2.13. The Morgan fingerprint density at radius 2 is 1.71 bits per heavy atom. The van der Waals surface area contributed by atoms with Crippen molar-refractivity contribution in [1.82, 2.24) is 5.32 Å². The normalized spacial score (nSPS) is 14.3. The van der Waals surface area contributed by atoms with E-state index >= 15 is 0 Å². The molecule has 0 spiro atoms. The van der Waals surface area contributed by atoms with E-state index in [4.69, 9.17) is 5.73 Å². The Kier molecular flexibility index (Phi) is 4.43. The lowest BCUT2D eigenvalue weighted by Gasteiger charge is -2.23. The van der Waals surface area contributed by atoms with Gasteiger partial charge in [-0.25, -0.2) is 0 Å². The number of nitrogens with zero attached hydrogens (tertiary/aromatic N) is 1. The van der Waals surface area contributed by atoms with Gasteiger partial charge >= 0.3 is 0 Å². The number of hydrogen-bond acceptors (Lipinski definition) is 1. The largest absolute Gasteiger partial charge is 0.370 e. The lowest BCUT2D eigenvalue weighted by molar-refractivity contribution is 0.364. The molecule has 0 aromatic carbocycles. The number of rotatable bonds is 3. The zero-order valence-corrected chi connectivity index (χ0v) is 10.4. The van der Waals surface area contributed by atoms with Gasteiger partial charge in [0.25, 0.3) is 0 Å². The Balaban J connectivity index is 4.14. The average Bonchev–Trinajstić information content (AvgIpc) is 1.98. The monoisotopic (exact) mass is 199 g/mol. The number of nitrogens with two attached hydrogens (primary N) is 1. The Bertz CT molecular complexity index is 199. The van der Waals surface area contributed by atoms with Crippen LogP contribution in [0.3, 0.4) is 0 Å². The topological polar surface area (TPSA) is 50.4 Å². The molecule has 0 amide bonds. The molecule has 3 N–H and O–H groups in total. The minimum Gasteiger partial charge on any atom is -0.370 e. The van der Waals surface area contributed by atoms with E-state index in [0.717, 1.165) is 13.0 Å². The molecule has 0 aromatic heterocycles. The molecule has 0 heterocycles. The number of aliphatic imine (C=N–C) groups is 1. The van der Waals surface area contributed by atoms with Crippen LogP contribution in [0.1, 0.15) is 48.0 Å². The quantitative estimate of drug-likeness (QED) is 0.540. The maximum atomic E-state index is 5.76. The van der Waals surface area contributed by atoms with Crippen molar-refractivity contribution < 1.29 is 0 Å². The van der Waals surface area contributed by atoms with Crippen LogP contribution in [0, 0.1) is 5.41 Å². The molecule has 0 bridgehead atoms. The van der Waals surface area contributed by atoms with Gasteiger partial charge in [-0.15, -0.1) is 0 Å². The van der Waals surface area contributed by atoms with E-state index in [2.05, 4.69) is 51.9 Å². The molecule has 14 heavy (non-hydrogen) atoms. The Morgan fingerprint density at radius 1 is 1.21 bits per heavy atom. The molecule has 0 saturated heterocycles. The fourth-order valence-corrected chi connectivity index (χ4v) is 0.835. The summed E-state index contributed by atoms with van der Waals surface area (Å²) in [5.74, 6) is 0.541. The second kappa shape index (κ2) is 4.67. The summed E-state index contributed by atoms with van der Waals surface area (Å²) in [6.45, 7) is 13.5. The maximum Gasteiger partial charge on any atom is 0.189 e. The first-order valence-corrected chi connectivity index (χ1v) is 5.24. The molecule has 0 aliphatic heterocycles. The van der Waals surface area contributed by atoms with Gasteiger partial charge in [-0.05, 0) is 32.6 Å². The molecule has 84 valence electrons. The van der Waals surface area contributed by atoms with Gasteiger partial charge in [0.1, 0.15) is 0 Å². The summed E-state index contributed by atoms with van der Waals surface area (Å²) in [6, 6.07) is 0. The van der Waals surface area contributed by atoms with Crippen LogP contribution in [0.4, 0.5) is 0 Å². The van der Waals surface area contributed by atoms with Gasteiger partial charge in [0.15, 0.2) is 5.96 Å². The van der Waals surface area contributed by atoms with Crippen LogP contribution in [0.5, 0.6) is 0 Å². The van der Waals surface area contributed by atoms with Crippen molar-refractivity contribution in [2.45, 2.75) is 53.5 Å². The highest BCUT2D eigenvalue weighted by atomic mass is 15.1. The van der Waals surface area contributed by atoms with Crippen molar-refractivity contribution >= 4 is 5.96 Å². The molecular weight excluding hydrogens is 174 g/mol. The first-order chi connectivity index (χ1) is 6.16. The Morgan fingerprint density at radius 3 is 2.07 bits per heavy atom. The highest BCUT2D eigenvalue weighted by molar-refractivity contribution is 5.78. The van der Waals surface area contributed by atoms with E-state index < -0.39 is 0 Å². The maximum absolute atomic E-state index is 5.76. The zero-order valence-electron chi connectivity index (χ0n) is 10.4. The van der Waals surface area contributed by atoms with Crippen molar-refractivity contribution in [3.05, 3.63) is 0 Å². The van der Waals surface area contributed by atoms with Crippen LogP contribution in [-0.4, -0.2) is 18.0 Å². The third-order valence-electron chi connectivity index (χ3n) is 2.14. The number of guanidine groups is 1. The minimum atomic E-state index is -0.00998. The summed E-state index contributed by atoms with van der Waals surface area (Å²) in [4.78, 5) is 4.34. The Hall–Kier alpha value is -0.730. The highest BCUT2D eigenvalue weighted by Gasteiger charge is 2.15. The summed E-state index contributed by atoms with van der Waals surface area (Å²) < 4.78 is 0. The van der Waals surface area contributed by atoms with Crippen LogP contribution in [0.25, 0.3) is 0 Å². The van der Waals surface area contributed by atoms with E-state index in [9.17, 15) is 0 Å². The van der Waals surface area contributed by atoms with Crippen molar-refractivity contribution in [3.8, 4) is 0 Å². The van der Waals surface area contributed by atoms with Gasteiger partial charge < -0.3 is 11.1 Å². The first kappa shape index (κ1) is 13.3. The molecule has 0 unspecified atom stereocenters. The molecule has 3 heteroatoms. The third-order valence-corrected chi connectivity index (χ3v) is 2.14.